The highest BCUT2D eigenvalue weighted by atomic mass is 16.5. The molecule has 0 fully saturated rings. The number of carbonyl (C=O) groups excluding carboxylic acids is 1. The van der Waals surface area contributed by atoms with Crippen molar-refractivity contribution < 1.29 is 9.53 Å². The molecule has 5 nitrogen and oxygen atoms in total. The third kappa shape index (κ3) is 4.49. The molecule has 0 saturated heterocycles. The van der Waals surface area contributed by atoms with E-state index in [-0.39, 0.29) is 5.91 Å². The Morgan fingerprint density at radius 3 is 2.32 bits per heavy atom. The maximum Gasteiger partial charge on any atom is 0.238 e. The van der Waals surface area contributed by atoms with Gasteiger partial charge in [0.25, 0.3) is 0 Å². The summed E-state index contributed by atoms with van der Waals surface area (Å²) >= 11 is 0. The summed E-state index contributed by atoms with van der Waals surface area (Å²) in [5, 5.41) is 6.14. The first-order chi connectivity index (χ1) is 10.6. The van der Waals surface area contributed by atoms with Crippen molar-refractivity contribution in [3.8, 4) is 5.75 Å². The van der Waals surface area contributed by atoms with Gasteiger partial charge in [0.1, 0.15) is 5.75 Å². The van der Waals surface area contributed by atoms with Gasteiger partial charge in [-0.1, -0.05) is 12.1 Å². The van der Waals surface area contributed by atoms with Crippen LogP contribution < -0.4 is 15.4 Å². The summed E-state index contributed by atoms with van der Waals surface area (Å²) in [6, 6.07) is 15.3. The number of amides is 1. The Labute approximate surface area is 130 Å². The minimum atomic E-state index is -0.0320. The van der Waals surface area contributed by atoms with Crippen molar-refractivity contribution in [1.29, 1.82) is 0 Å². The third-order valence-corrected chi connectivity index (χ3v) is 3.01. The van der Waals surface area contributed by atoms with Crippen LogP contribution in [-0.2, 0) is 4.79 Å². The van der Waals surface area contributed by atoms with Crippen LogP contribution in [0.3, 0.4) is 0 Å². The molecular weight excluding hydrogens is 278 g/mol. The molecule has 0 heterocycles. The van der Waals surface area contributed by atoms with Crippen molar-refractivity contribution in [2.75, 3.05) is 38.4 Å². The molecule has 0 spiro atoms. The van der Waals surface area contributed by atoms with Crippen LogP contribution in [0.15, 0.2) is 48.5 Å². The summed E-state index contributed by atoms with van der Waals surface area (Å²) in [6.45, 7) is 0.362. The van der Waals surface area contributed by atoms with E-state index < -0.39 is 0 Å². The largest absolute Gasteiger partial charge is 0.495 e. The molecule has 0 bridgehead atoms. The summed E-state index contributed by atoms with van der Waals surface area (Å²) in [4.78, 5) is 13.5. The molecule has 1 amide bonds. The second kappa shape index (κ2) is 7.47. The number of anilines is 3. The Balaban J connectivity index is 2.01. The summed E-state index contributed by atoms with van der Waals surface area (Å²) in [5.74, 6) is 0.751. The standard InChI is InChI=1S/C17H21N3O2/c1-20(2)12-17(21)19-14-10-8-13(9-11-14)18-15-6-4-5-7-16(15)22-3/h4-11,18H,12H2,1-3H3,(H,19,21). The lowest BCUT2D eigenvalue weighted by Gasteiger charge is -2.12. The quantitative estimate of drug-likeness (QED) is 0.861. The van der Waals surface area contributed by atoms with Crippen LogP contribution in [0.25, 0.3) is 0 Å². The number of nitrogens with zero attached hydrogens (tertiary/aromatic N) is 1. The minimum absolute atomic E-state index is 0.0320. The van der Waals surface area contributed by atoms with Crippen LogP contribution in [-0.4, -0.2) is 38.6 Å². The normalized spacial score (nSPS) is 10.4. The molecule has 2 N–H and O–H groups in total. The highest BCUT2D eigenvalue weighted by Crippen LogP contribution is 2.27. The monoisotopic (exact) mass is 299 g/mol. The Kier molecular flexibility index (Phi) is 5.38. The second-order valence-electron chi connectivity index (χ2n) is 5.19. The summed E-state index contributed by atoms with van der Waals surface area (Å²) in [5.41, 5.74) is 2.60. The van der Waals surface area contributed by atoms with E-state index in [1.807, 2.05) is 67.5 Å². The first-order valence-corrected chi connectivity index (χ1v) is 7.03. The van der Waals surface area contributed by atoms with E-state index in [0.717, 1.165) is 22.8 Å². The molecule has 2 aromatic carbocycles. The van der Waals surface area contributed by atoms with E-state index in [1.165, 1.54) is 0 Å². The van der Waals surface area contributed by atoms with Crippen molar-refractivity contribution in [2.45, 2.75) is 0 Å². The molecule has 0 atom stereocenters. The van der Waals surface area contributed by atoms with Gasteiger partial charge in [0.15, 0.2) is 0 Å². The molecule has 0 unspecified atom stereocenters. The fourth-order valence-corrected chi connectivity index (χ4v) is 2.03. The van der Waals surface area contributed by atoms with Crippen molar-refractivity contribution in [1.82, 2.24) is 4.90 Å². The molecule has 2 rings (SSSR count). The number of methoxy groups -OCH3 is 1. The zero-order valence-corrected chi connectivity index (χ0v) is 13.1. The van der Waals surface area contributed by atoms with E-state index in [0.29, 0.717) is 6.54 Å². The Bertz CT molecular complexity index is 624. The lowest BCUT2D eigenvalue weighted by atomic mass is 10.2. The summed E-state index contributed by atoms with van der Waals surface area (Å²) < 4.78 is 5.31. The molecule has 0 aliphatic carbocycles. The number of hydrogen-bond donors (Lipinski definition) is 2. The predicted molar refractivity (Wildman–Crippen MR) is 89.9 cm³/mol. The van der Waals surface area contributed by atoms with Crippen molar-refractivity contribution in [2.24, 2.45) is 0 Å². The topological polar surface area (TPSA) is 53.6 Å². The Hall–Kier alpha value is -2.53. The number of likely N-dealkylation sites (N-methyl/N-ethyl adjacent to an activating group) is 1. The second-order valence-corrected chi connectivity index (χ2v) is 5.19. The first kappa shape index (κ1) is 15.9. The number of benzene rings is 2. The molecule has 22 heavy (non-hydrogen) atoms. The van der Waals surface area contributed by atoms with Crippen LogP contribution in [0.1, 0.15) is 0 Å². The molecule has 0 aliphatic heterocycles. The van der Waals surface area contributed by atoms with Gasteiger partial charge >= 0.3 is 0 Å². The highest BCUT2D eigenvalue weighted by molar-refractivity contribution is 5.92. The summed E-state index contributed by atoms with van der Waals surface area (Å²) in [6.07, 6.45) is 0. The van der Waals surface area contributed by atoms with E-state index in [1.54, 1.807) is 7.11 Å². The van der Waals surface area contributed by atoms with Crippen molar-refractivity contribution in [3.05, 3.63) is 48.5 Å². The Morgan fingerprint density at radius 1 is 1.05 bits per heavy atom. The van der Waals surface area contributed by atoms with Crippen LogP contribution in [0.2, 0.25) is 0 Å². The van der Waals surface area contributed by atoms with Gasteiger partial charge in [0.05, 0.1) is 19.3 Å². The SMILES string of the molecule is COc1ccccc1Nc1ccc(NC(=O)CN(C)C)cc1. The van der Waals surface area contributed by atoms with E-state index >= 15 is 0 Å². The molecule has 0 aliphatic rings. The van der Waals surface area contributed by atoms with Crippen LogP contribution in [0.4, 0.5) is 17.1 Å². The van der Waals surface area contributed by atoms with Gasteiger partial charge in [-0.15, -0.1) is 0 Å². The van der Waals surface area contributed by atoms with Gasteiger partial charge in [0, 0.05) is 11.4 Å². The molecule has 2 aromatic rings. The first-order valence-electron chi connectivity index (χ1n) is 7.03. The zero-order chi connectivity index (χ0) is 15.9. The van der Waals surface area contributed by atoms with Gasteiger partial charge in [-0.3, -0.25) is 4.79 Å². The van der Waals surface area contributed by atoms with Crippen LogP contribution >= 0.6 is 0 Å². The lowest BCUT2D eigenvalue weighted by Crippen LogP contribution is -2.27. The molecule has 0 radical (unpaired) electrons. The highest BCUT2D eigenvalue weighted by Gasteiger charge is 2.05. The number of para-hydroxylation sites is 2. The molecule has 0 saturated carbocycles. The molecule has 116 valence electrons. The predicted octanol–water partition coefficient (Wildman–Crippen LogP) is 2.94. The van der Waals surface area contributed by atoms with Gasteiger partial charge < -0.3 is 20.3 Å². The van der Waals surface area contributed by atoms with Crippen molar-refractivity contribution in [3.63, 3.8) is 0 Å². The van der Waals surface area contributed by atoms with Gasteiger partial charge in [-0.05, 0) is 50.5 Å². The molecule has 5 heteroatoms. The maximum atomic E-state index is 11.7. The van der Waals surface area contributed by atoms with Crippen LogP contribution in [0, 0.1) is 0 Å². The van der Waals surface area contributed by atoms with E-state index in [2.05, 4.69) is 10.6 Å². The van der Waals surface area contributed by atoms with Crippen molar-refractivity contribution >= 4 is 23.0 Å². The smallest absolute Gasteiger partial charge is 0.238 e. The number of carbonyl (C=O) groups is 1. The van der Waals surface area contributed by atoms with E-state index in [9.17, 15) is 4.79 Å². The summed E-state index contributed by atoms with van der Waals surface area (Å²) in [7, 11) is 5.36. The number of ether oxygens (including phenoxy) is 1. The average Bonchev–Trinajstić information content (AvgIpc) is 2.49. The van der Waals surface area contributed by atoms with Gasteiger partial charge in [0.2, 0.25) is 5.91 Å². The van der Waals surface area contributed by atoms with Crippen LogP contribution in [0.5, 0.6) is 5.75 Å². The Morgan fingerprint density at radius 2 is 1.68 bits per heavy atom. The third-order valence-electron chi connectivity index (χ3n) is 3.01. The van der Waals surface area contributed by atoms with Gasteiger partial charge in [-0.2, -0.15) is 0 Å². The fraction of sp³-hybridized carbons (Fsp3) is 0.235. The molecular formula is C17H21N3O2. The average molecular weight is 299 g/mol. The van der Waals surface area contributed by atoms with E-state index in [4.69, 9.17) is 4.74 Å². The zero-order valence-electron chi connectivity index (χ0n) is 13.1. The number of nitrogens with one attached hydrogen (secondary N) is 2. The lowest BCUT2D eigenvalue weighted by molar-refractivity contribution is -0.116. The number of hydrogen-bond acceptors (Lipinski definition) is 4. The van der Waals surface area contributed by atoms with Gasteiger partial charge in [-0.25, -0.2) is 0 Å². The minimum Gasteiger partial charge on any atom is -0.495 e. The fourth-order valence-electron chi connectivity index (χ4n) is 2.03. The number of rotatable bonds is 6. The molecule has 0 aromatic heterocycles. The maximum absolute atomic E-state index is 11.7.